The van der Waals surface area contributed by atoms with Gasteiger partial charge in [-0.2, -0.15) is 0 Å². The van der Waals surface area contributed by atoms with E-state index in [9.17, 15) is 0 Å². The number of aromatic nitrogens is 3. The monoisotopic (exact) mass is 280 g/mol. The van der Waals surface area contributed by atoms with Crippen LogP contribution >= 0.6 is 11.8 Å². The lowest BCUT2D eigenvalue weighted by atomic mass is 10.3. The van der Waals surface area contributed by atoms with E-state index in [-0.39, 0.29) is 6.61 Å². The van der Waals surface area contributed by atoms with E-state index in [1.807, 2.05) is 16.8 Å². The topological polar surface area (TPSA) is 62.5 Å². The zero-order valence-electron chi connectivity index (χ0n) is 11.3. The van der Waals surface area contributed by atoms with E-state index in [0.717, 1.165) is 35.9 Å². The second-order valence-electron chi connectivity index (χ2n) is 4.46. The summed E-state index contributed by atoms with van der Waals surface area (Å²) in [7, 11) is 0. The van der Waals surface area contributed by atoms with Crippen molar-refractivity contribution in [2.45, 2.75) is 37.0 Å². The Morgan fingerprint density at radius 1 is 1.53 bits per heavy atom. The Morgan fingerprint density at radius 3 is 3.11 bits per heavy atom. The Balaban J connectivity index is 2.25. The first-order valence-electron chi connectivity index (χ1n) is 6.59. The summed E-state index contributed by atoms with van der Waals surface area (Å²) in [6.45, 7) is 5.33. The summed E-state index contributed by atoms with van der Waals surface area (Å²) >= 11 is 1.66. The van der Waals surface area contributed by atoms with Crippen LogP contribution < -0.4 is 5.32 Å². The number of fused-ring (bicyclic) bond motifs is 1. The van der Waals surface area contributed by atoms with E-state index >= 15 is 0 Å². The average molecular weight is 280 g/mol. The third-order valence-corrected chi connectivity index (χ3v) is 3.88. The molecule has 2 rings (SSSR count). The zero-order chi connectivity index (χ0) is 13.7. The SMILES string of the molecule is CCCNc1cn2ccnc2c(SC(C)CCO)n1. The number of hydrogen-bond acceptors (Lipinski definition) is 5. The Bertz CT molecular complexity index is 528. The van der Waals surface area contributed by atoms with E-state index in [4.69, 9.17) is 5.11 Å². The molecule has 0 fully saturated rings. The van der Waals surface area contributed by atoms with Crippen molar-refractivity contribution in [2.75, 3.05) is 18.5 Å². The Hall–Kier alpha value is -1.27. The third-order valence-electron chi connectivity index (χ3n) is 2.75. The van der Waals surface area contributed by atoms with Crippen LogP contribution in [0.2, 0.25) is 0 Å². The van der Waals surface area contributed by atoms with E-state index in [1.165, 1.54) is 0 Å². The largest absolute Gasteiger partial charge is 0.396 e. The summed E-state index contributed by atoms with van der Waals surface area (Å²) in [4.78, 5) is 8.96. The number of nitrogens with one attached hydrogen (secondary N) is 1. The molecule has 1 unspecified atom stereocenters. The minimum Gasteiger partial charge on any atom is -0.396 e. The molecule has 1 atom stereocenters. The van der Waals surface area contributed by atoms with Crippen molar-refractivity contribution < 1.29 is 5.11 Å². The van der Waals surface area contributed by atoms with Crippen LogP contribution in [0.25, 0.3) is 5.65 Å². The van der Waals surface area contributed by atoms with E-state index in [2.05, 4.69) is 29.1 Å². The number of rotatable bonds is 7. The molecule has 0 aromatic carbocycles. The Labute approximate surface area is 117 Å². The first kappa shape index (κ1) is 14.1. The summed E-state index contributed by atoms with van der Waals surface area (Å²) in [6, 6.07) is 0. The highest BCUT2D eigenvalue weighted by molar-refractivity contribution is 8.00. The van der Waals surface area contributed by atoms with Gasteiger partial charge in [-0.25, -0.2) is 9.97 Å². The highest BCUT2D eigenvalue weighted by Crippen LogP contribution is 2.27. The molecular weight excluding hydrogens is 260 g/mol. The van der Waals surface area contributed by atoms with E-state index in [1.54, 1.807) is 18.0 Å². The lowest BCUT2D eigenvalue weighted by Crippen LogP contribution is -2.06. The van der Waals surface area contributed by atoms with Gasteiger partial charge >= 0.3 is 0 Å². The lowest BCUT2D eigenvalue weighted by molar-refractivity contribution is 0.289. The zero-order valence-corrected chi connectivity index (χ0v) is 12.2. The highest BCUT2D eigenvalue weighted by Gasteiger charge is 2.12. The van der Waals surface area contributed by atoms with E-state index < -0.39 is 0 Å². The molecule has 0 bridgehead atoms. The van der Waals surface area contributed by atoms with Gasteiger partial charge in [0.15, 0.2) is 5.65 Å². The molecule has 19 heavy (non-hydrogen) atoms. The number of nitrogens with zero attached hydrogens (tertiary/aromatic N) is 3. The fourth-order valence-corrected chi connectivity index (χ4v) is 2.77. The quantitative estimate of drug-likeness (QED) is 0.763. The van der Waals surface area contributed by atoms with Crippen molar-refractivity contribution in [3.8, 4) is 0 Å². The summed E-state index contributed by atoms with van der Waals surface area (Å²) < 4.78 is 1.99. The molecule has 2 N–H and O–H groups in total. The molecule has 0 aliphatic carbocycles. The molecule has 2 aromatic heterocycles. The van der Waals surface area contributed by atoms with E-state index in [0.29, 0.717) is 5.25 Å². The maximum Gasteiger partial charge on any atom is 0.169 e. The maximum absolute atomic E-state index is 8.99. The molecular formula is C13H20N4OS. The van der Waals surface area contributed by atoms with Crippen molar-refractivity contribution in [3.63, 3.8) is 0 Å². The standard InChI is InChI=1S/C13H20N4OS/c1-3-5-14-11-9-17-7-6-15-12(17)13(16-11)19-10(2)4-8-18/h6-7,9-10,14,18H,3-5,8H2,1-2H3. The van der Waals surface area contributed by atoms with Gasteiger partial charge in [-0.1, -0.05) is 25.6 Å². The molecule has 0 amide bonds. The number of aliphatic hydroxyl groups excluding tert-OH is 1. The van der Waals surface area contributed by atoms with Crippen molar-refractivity contribution >= 4 is 23.2 Å². The smallest absolute Gasteiger partial charge is 0.169 e. The van der Waals surface area contributed by atoms with Crippen LogP contribution in [-0.4, -0.2) is 37.9 Å². The molecule has 0 saturated heterocycles. The number of thioether (sulfide) groups is 1. The fourth-order valence-electron chi connectivity index (χ4n) is 1.75. The molecule has 2 aromatic rings. The van der Waals surface area contributed by atoms with Crippen molar-refractivity contribution in [1.29, 1.82) is 0 Å². The van der Waals surface area contributed by atoms with Crippen molar-refractivity contribution in [3.05, 3.63) is 18.6 Å². The number of aliphatic hydroxyl groups is 1. The average Bonchev–Trinajstić information content (AvgIpc) is 2.85. The lowest BCUT2D eigenvalue weighted by Gasteiger charge is -2.12. The second-order valence-corrected chi connectivity index (χ2v) is 5.88. The van der Waals surface area contributed by atoms with Gasteiger partial charge in [0.2, 0.25) is 0 Å². The van der Waals surface area contributed by atoms with Crippen molar-refractivity contribution in [1.82, 2.24) is 14.4 Å². The normalized spacial score (nSPS) is 12.8. The van der Waals surface area contributed by atoms with Crippen LogP contribution in [0.3, 0.4) is 0 Å². The predicted molar refractivity (Wildman–Crippen MR) is 78.8 cm³/mol. The second kappa shape index (κ2) is 6.77. The Morgan fingerprint density at radius 2 is 2.37 bits per heavy atom. The molecule has 0 spiro atoms. The minimum absolute atomic E-state index is 0.201. The third kappa shape index (κ3) is 3.61. The molecule has 5 nitrogen and oxygen atoms in total. The van der Waals surface area contributed by atoms with Crippen LogP contribution in [0.15, 0.2) is 23.6 Å². The first-order chi connectivity index (χ1) is 9.24. The van der Waals surface area contributed by atoms with Crippen LogP contribution in [0.1, 0.15) is 26.7 Å². The summed E-state index contributed by atoms with van der Waals surface area (Å²) in [5.74, 6) is 0.867. The van der Waals surface area contributed by atoms with Crippen molar-refractivity contribution in [2.24, 2.45) is 0 Å². The molecule has 2 heterocycles. The molecule has 0 saturated carbocycles. The van der Waals surface area contributed by atoms with Gasteiger partial charge in [-0.15, -0.1) is 0 Å². The van der Waals surface area contributed by atoms with Gasteiger partial charge in [-0.3, -0.25) is 0 Å². The van der Waals surface area contributed by atoms with Crippen LogP contribution in [0, 0.1) is 0 Å². The maximum atomic E-state index is 8.99. The Kier molecular flexibility index (Phi) is 5.04. The molecule has 6 heteroatoms. The molecule has 0 aliphatic heterocycles. The molecule has 104 valence electrons. The van der Waals surface area contributed by atoms with Gasteiger partial charge < -0.3 is 14.8 Å². The van der Waals surface area contributed by atoms with Gasteiger partial charge in [0.25, 0.3) is 0 Å². The van der Waals surface area contributed by atoms with Crippen LogP contribution in [-0.2, 0) is 0 Å². The minimum atomic E-state index is 0.201. The van der Waals surface area contributed by atoms with Gasteiger partial charge in [0.05, 0.1) is 6.20 Å². The van der Waals surface area contributed by atoms with Crippen LogP contribution in [0.4, 0.5) is 5.82 Å². The summed E-state index contributed by atoms with van der Waals surface area (Å²) in [6.07, 6.45) is 7.48. The predicted octanol–water partition coefficient (Wildman–Crippen LogP) is 2.41. The summed E-state index contributed by atoms with van der Waals surface area (Å²) in [5.41, 5.74) is 0.872. The van der Waals surface area contributed by atoms with Gasteiger partial charge in [-0.05, 0) is 12.8 Å². The van der Waals surface area contributed by atoms with Gasteiger partial charge in [0, 0.05) is 30.8 Å². The number of imidazole rings is 1. The first-order valence-corrected chi connectivity index (χ1v) is 7.47. The molecule has 0 radical (unpaired) electrons. The highest BCUT2D eigenvalue weighted by atomic mass is 32.2. The van der Waals surface area contributed by atoms with Gasteiger partial charge in [0.1, 0.15) is 10.8 Å². The number of anilines is 1. The summed E-state index contributed by atoms with van der Waals surface area (Å²) in [5, 5.41) is 13.5. The number of hydrogen-bond donors (Lipinski definition) is 2. The van der Waals surface area contributed by atoms with Crippen LogP contribution in [0.5, 0.6) is 0 Å². The fraction of sp³-hybridized carbons (Fsp3) is 0.538. The molecule has 0 aliphatic rings.